The van der Waals surface area contributed by atoms with E-state index in [2.05, 4.69) is 26.0 Å². The van der Waals surface area contributed by atoms with Gasteiger partial charge in [-0.2, -0.15) is 0 Å². The van der Waals surface area contributed by atoms with Gasteiger partial charge in [0.15, 0.2) is 0 Å². The molecule has 0 spiro atoms. The van der Waals surface area contributed by atoms with Crippen LogP contribution in [0.25, 0.3) is 6.08 Å². The van der Waals surface area contributed by atoms with Crippen molar-refractivity contribution in [2.45, 2.75) is 20.3 Å². The molecule has 1 aromatic carbocycles. The minimum atomic E-state index is -0.287. The Morgan fingerprint density at radius 3 is 2.64 bits per heavy atom. The zero-order valence-corrected chi connectivity index (χ0v) is 13.5. The number of carbonyl (C=O) groups excluding carboxylic acids is 1. The maximum atomic E-state index is 11.8. The first kappa shape index (κ1) is 16.3. The zero-order valence-electron chi connectivity index (χ0n) is 13.5. The molecule has 1 aromatic rings. The van der Waals surface area contributed by atoms with Crippen LogP contribution in [0.15, 0.2) is 42.5 Å². The highest BCUT2D eigenvalue weighted by Gasteiger charge is 2.22. The smallest absolute Gasteiger partial charge is 0.330 e. The van der Waals surface area contributed by atoms with Crippen LogP contribution >= 0.6 is 0 Å². The molecule has 0 saturated heterocycles. The van der Waals surface area contributed by atoms with Crippen LogP contribution in [0.4, 0.5) is 0 Å². The molecule has 1 aliphatic carbocycles. The summed E-state index contributed by atoms with van der Waals surface area (Å²) in [7, 11) is 1.63. The lowest BCUT2D eigenvalue weighted by molar-refractivity contribution is -0.139. The summed E-state index contributed by atoms with van der Waals surface area (Å²) in [6.45, 7) is 4.86. The zero-order chi connectivity index (χ0) is 15.9. The number of methoxy groups -OCH3 is 1. The largest absolute Gasteiger partial charge is 0.497 e. The van der Waals surface area contributed by atoms with Crippen molar-refractivity contribution in [1.29, 1.82) is 0 Å². The Labute approximate surface area is 132 Å². The third-order valence-corrected chi connectivity index (χ3v) is 4.13. The van der Waals surface area contributed by atoms with Crippen molar-refractivity contribution in [2.24, 2.45) is 17.8 Å². The molecule has 0 bridgehead atoms. The van der Waals surface area contributed by atoms with E-state index in [1.807, 2.05) is 24.3 Å². The van der Waals surface area contributed by atoms with Gasteiger partial charge >= 0.3 is 5.97 Å². The molecule has 3 unspecified atom stereocenters. The van der Waals surface area contributed by atoms with E-state index in [1.54, 1.807) is 13.2 Å². The van der Waals surface area contributed by atoms with Gasteiger partial charge in [-0.25, -0.2) is 4.79 Å². The highest BCUT2D eigenvalue weighted by molar-refractivity contribution is 5.87. The normalized spacial score (nSPS) is 24.4. The Bertz CT molecular complexity index is 542. The number of hydrogen-bond acceptors (Lipinski definition) is 3. The second kappa shape index (κ2) is 7.83. The molecule has 0 radical (unpaired) electrons. The third kappa shape index (κ3) is 4.76. The van der Waals surface area contributed by atoms with Crippen LogP contribution in [0.2, 0.25) is 0 Å². The lowest BCUT2D eigenvalue weighted by atomic mass is 9.81. The molecule has 2 rings (SSSR count). The van der Waals surface area contributed by atoms with E-state index in [4.69, 9.17) is 9.47 Å². The van der Waals surface area contributed by atoms with Gasteiger partial charge in [-0.3, -0.25) is 0 Å². The van der Waals surface area contributed by atoms with Crippen molar-refractivity contribution in [2.75, 3.05) is 13.7 Å². The average molecular weight is 300 g/mol. The molecule has 0 saturated carbocycles. The third-order valence-electron chi connectivity index (χ3n) is 4.13. The van der Waals surface area contributed by atoms with E-state index < -0.39 is 0 Å². The predicted molar refractivity (Wildman–Crippen MR) is 88.6 cm³/mol. The van der Waals surface area contributed by atoms with E-state index in [0.29, 0.717) is 24.4 Å². The monoisotopic (exact) mass is 300 g/mol. The van der Waals surface area contributed by atoms with Crippen LogP contribution in [0.1, 0.15) is 25.8 Å². The van der Waals surface area contributed by atoms with Crippen LogP contribution in [-0.2, 0) is 9.53 Å². The fraction of sp³-hybridized carbons (Fsp3) is 0.421. The molecule has 22 heavy (non-hydrogen) atoms. The van der Waals surface area contributed by atoms with E-state index in [1.165, 1.54) is 6.08 Å². The van der Waals surface area contributed by atoms with Gasteiger partial charge in [-0.1, -0.05) is 38.1 Å². The van der Waals surface area contributed by atoms with E-state index in [9.17, 15) is 4.79 Å². The Hall–Kier alpha value is -2.03. The summed E-state index contributed by atoms with van der Waals surface area (Å²) in [6.07, 6.45) is 8.78. The lowest BCUT2D eigenvalue weighted by Gasteiger charge is -2.27. The van der Waals surface area contributed by atoms with Gasteiger partial charge in [-0.05, 0) is 47.9 Å². The van der Waals surface area contributed by atoms with Crippen LogP contribution < -0.4 is 4.74 Å². The van der Waals surface area contributed by atoms with Crippen molar-refractivity contribution in [3.8, 4) is 5.75 Å². The molecule has 0 N–H and O–H groups in total. The minimum absolute atomic E-state index is 0.287. The SMILES string of the molecule is COc1ccc(/C=C/C(=O)OCC2CC(C)C=CC2C)cc1. The van der Waals surface area contributed by atoms with Crippen molar-refractivity contribution in [3.63, 3.8) is 0 Å². The van der Waals surface area contributed by atoms with Gasteiger partial charge in [0.25, 0.3) is 0 Å². The number of allylic oxidation sites excluding steroid dienone is 2. The van der Waals surface area contributed by atoms with Crippen molar-refractivity contribution >= 4 is 12.0 Å². The van der Waals surface area contributed by atoms with Gasteiger partial charge in [0, 0.05) is 6.08 Å². The number of benzene rings is 1. The molecule has 1 aliphatic rings. The molecule has 0 heterocycles. The Morgan fingerprint density at radius 2 is 1.95 bits per heavy atom. The van der Waals surface area contributed by atoms with Gasteiger partial charge in [0.05, 0.1) is 13.7 Å². The Kier molecular flexibility index (Phi) is 5.82. The molecule has 0 fully saturated rings. The van der Waals surface area contributed by atoms with E-state index >= 15 is 0 Å². The first-order valence-electron chi connectivity index (χ1n) is 7.75. The molecule has 0 aromatic heterocycles. The van der Waals surface area contributed by atoms with Crippen LogP contribution in [0.3, 0.4) is 0 Å². The second-order valence-corrected chi connectivity index (χ2v) is 5.95. The second-order valence-electron chi connectivity index (χ2n) is 5.95. The molecule has 0 aliphatic heterocycles. The topological polar surface area (TPSA) is 35.5 Å². The summed E-state index contributed by atoms with van der Waals surface area (Å²) in [5.41, 5.74) is 0.945. The van der Waals surface area contributed by atoms with Crippen molar-refractivity contribution in [3.05, 3.63) is 48.1 Å². The Morgan fingerprint density at radius 1 is 1.23 bits per heavy atom. The molecular weight excluding hydrogens is 276 g/mol. The van der Waals surface area contributed by atoms with Crippen LogP contribution in [0.5, 0.6) is 5.75 Å². The van der Waals surface area contributed by atoms with Crippen LogP contribution in [0, 0.1) is 17.8 Å². The summed E-state index contributed by atoms with van der Waals surface area (Å²) >= 11 is 0. The Balaban J connectivity index is 1.82. The highest BCUT2D eigenvalue weighted by atomic mass is 16.5. The maximum Gasteiger partial charge on any atom is 0.330 e. The molecule has 3 heteroatoms. The first-order valence-corrected chi connectivity index (χ1v) is 7.75. The molecule has 0 amide bonds. The van der Waals surface area contributed by atoms with Gasteiger partial charge in [0.1, 0.15) is 5.75 Å². The highest BCUT2D eigenvalue weighted by Crippen LogP contribution is 2.28. The number of esters is 1. The molecule has 118 valence electrons. The molecule has 3 atom stereocenters. The van der Waals surface area contributed by atoms with Crippen molar-refractivity contribution < 1.29 is 14.3 Å². The van der Waals surface area contributed by atoms with E-state index in [-0.39, 0.29) is 5.97 Å². The maximum absolute atomic E-state index is 11.8. The number of rotatable bonds is 5. The fourth-order valence-corrected chi connectivity index (χ4v) is 2.63. The number of carbonyl (C=O) groups is 1. The average Bonchev–Trinajstić information content (AvgIpc) is 2.54. The quantitative estimate of drug-likeness (QED) is 0.466. The summed E-state index contributed by atoms with van der Waals surface area (Å²) in [5.74, 6) is 1.96. The first-order chi connectivity index (χ1) is 10.6. The van der Waals surface area contributed by atoms with Gasteiger partial charge in [0.2, 0.25) is 0 Å². The molecular formula is C19H24O3. The summed E-state index contributed by atoms with van der Waals surface area (Å²) in [6, 6.07) is 7.53. The predicted octanol–water partition coefficient (Wildman–Crippen LogP) is 4.10. The lowest BCUT2D eigenvalue weighted by Crippen LogP contribution is -2.23. The van der Waals surface area contributed by atoms with E-state index in [0.717, 1.165) is 17.7 Å². The van der Waals surface area contributed by atoms with Crippen molar-refractivity contribution in [1.82, 2.24) is 0 Å². The minimum Gasteiger partial charge on any atom is -0.497 e. The number of hydrogen-bond donors (Lipinski definition) is 0. The van der Waals surface area contributed by atoms with Gasteiger partial charge < -0.3 is 9.47 Å². The summed E-state index contributed by atoms with van der Waals surface area (Å²) in [5, 5.41) is 0. The number of ether oxygens (including phenoxy) is 2. The standard InChI is InChI=1S/C19H24O3/c1-14-4-5-15(2)17(12-14)13-22-19(20)11-8-16-6-9-18(21-3)10-7-16/h4-11,14-15,17H,12-13H2,1-3H3/b11-8+. The summed E-state index contributed by atoms with van der Waals surface area (Å²) < 4.78 is 10.5. The fourth-order valence-electron chi connectivity index (χ4n) is 2.63. The molecule has 3 nitrogen and oxygen atoms in total. The van der Waals surface area contributed by atoms with Gasteiger partial charge in [-0.15, -0.1) is 0 Å². The summed E-state index contributed by atoms with van der Waals surface area (Å²) in [4.78, 5) is 11.8. The van der Waals surface area contributed by atoms with Crippen LogP contribution in [-0.4, -0.2) is 19.7 Å².